The molecule has 0 saturated heterocycles. The zero-order valence-electron chi connectivity index (χ0n) is 8.86. The van der Waals surface area contributed by atoms with Crippen LogP contribution in [-0.2, 0) is 0 Å². The third kappa shape index (κ3) is 3.36. The topological polar surface area (TPSA) is 0 Å². The van der Waals surface area contributed by atoms with Crippen molar-refractivity contribution in [2.75, 3.05) is 24.6 Å². The highest BCUT2D eigenvalue weighted by molar-refractivity contribution is 7.17. The van der Waals surface area contributed by atoms with E-state index >= 15 is 0 Å². The van der Waals surface area contributed by atoms with Crippen LogP contribution in [0.2, 0.25) is 0 Å². The first-order valence-corrected chi connectivity index (χ1v) is 8.83. The van der Waals surface area contributed by atoms with E-state index < -0.39 is 0 Å². The maximum absolute atomic E-state index is 2.94. The monoisotopic (exact) mass is 268 g/mol. The highest BCUT2D eigenvalue weighted by atomic mass is 31.0. The Labute approximate surface area is 98.3 Å². The van der Waals surface area contributed by atoms with Crippen molar-refractivity contribution in [3.8, 4) is 0 Å². The van der Waals surface area contributed by atoms with Gasteiger partial charge in [-0.2, -0.15) is 0 Å². The normalized spacial score (nSPS) is 38.6. The van der Waals surface area contributed by atoms with Crippen molar-refractivity contribution < 1.29 is 0 Å². The van der Waals surface area contributed by atoms with Crippen molar-refractivity contribution in [2.45, 2.75) is 12.8 Å². The average molecular weight is 268 g/mol. The largest absolute Gasteiger partial charge is 0.137 e. The van der Waals surface area contributed by atoms with Gasteiger partial charge in [-0.3, -0.25) is 0 Å². The first kappa shape index (κ1) is 13.8. The highest BCUT2D eigenvalue weighted by Crippen LogP contribution is 2.41. The van der Waals surface area contributed by atoms with Crippen LogP contribution in [0, 0.1) is 23.7 Å². The predicted molar refractivity (Wildman–Crippen MR) is 81.5 cm³/mol. The fourth-order valence-electron chi connectivity index (χ4n) is 2.70. The van der Waals surface area contributed by atoms with E-state index in [2.05, 4.69) is 37.0 Å². The smallest absolute Gasteiger partial charge is 0.0345 e. The molecule has 1 fully saturated rings. The van der Waals surface area contributed by atoms with Gasteiger partial charge in [0.1, 0.15) is 0 Å². The summed E-state index contributed by atoms with van der Waals surface area (Å²) in [7, 11) is 11.8. The zero-order valence-corrected chi connectivity index (χ0v) is 13.5. The van der Waals surface area contributed by atoms with Gasteiger partial charge in [-0.15, -0.1) is 37.0 Å². The lowest BCUT2D eigenvalue weighted by Gasteiger charge is -2.40. The maximum atomic E-state index is 2.94. The molecule has 0 amide bonds. The van der Waals surface area contributed by atoms with E-state index in [0.717, 1.165) is 23.7 Å². The first-order valence-electron chi connectivity index (χ1n) is 5.57. The van der Waals surface area contributed by atoms with E-state index in [0.29, 0.717) is 0 Å². The van der Waals surface area contributed by atoms with Crippen LogP contribution in [0.3, 0.4) is 0 Å². The minimum atomic E-state index is 0.954. The van der Waals surface area contributed by atoms with Gasteiger partial charge in [0, 0.05) is 0 Å². The van der Waals surface area contributed by atoms with Crippen molar-refractivity contribution in [1.82, 2.24) is 0 Å². The molecule has 0 radical (unpaired) electrons. The van der Waals surface area contributed by atoms with E-state index in [9.17, 15) is 0 Å². The summed E-state index contributed by atoms with van der Waals surface area (Å²) < 4.78 is 0. The highest BCUT2D eigenvalue weighted by Gasteiger charge is 2.33. The lowest BCUT2D eigenvalue weighted by molar-refractivity contribution is 0.168. The summed E-state index contributed by atoms with van der Waals surface area (Å²) in [5.41, 5.74) is 0. The van der Waals surface area contributed by atoms with Gasteiger partial charge in [0.25, 0.3) is 0 Å². The molecule has 0 aromatic heterocycles. The standard InChI is InChI=1S/C10H24P4/c11-3-7-1-8(4-12)10(6-14)2-9(7)5-13/h7-10H,1-6,11-14H2. The second-order valence-electron chi connectivity index (χ2n) is 4.45. The van der Waals surface area contributed by atoms with Gasteiger partial charge in [-0.1, -0.05) is 0 Å². The molecule has 1 aliphatic rings. The van der Waals surface area contributed by atoms with Crippen molar-refractivity contribution in [2.24, 2.45) is 23.7 Å². The average Bonchev–Trinajstić information content (AvgIpc) is 2.26. The van der Waals surface area contributed by atoms with Gasteiger partial charge in [0.2, 0.25) is 0 Å². The molecule has 4 heteroatoms. The molecule has 1 saturated carbocycles. The molecule has 1 aliphatic carbocycles. The molecule has 0 N–H and O–H groups in total. The third-order valence-electron chi connectivity index (χ3n) is 3.76. The quantitative estimate of drug-likeness (QED) is 0.688. The molecular formula is C10H24P4. The molecule has 8 atom stereocenters. The molecule has 0 spiro atoms. The molecule has 1 rings (SSSR count). The maximum Gasteiger partial charge on any atom is -0.0345 e. The fourth-order valence-corrected chi connectivity index (χ4v) is 5.01. The number of rotatable bonds is 4. The minimum absolute atomic E-state index is 0.954. The van der Waals surface area contributed by atoms with Gasteiger partial charge >= 0.3 is 0 Å². The van der Waals surface area contributed by atoms with Gasteiger partial charge in [0.15, 0.2) is 0 Å². The van der Waals surface area contributed by atoms with E-state index in [-0.39, 0.29) is 0 Å². The van der Waals surface area contributed by atoms with Crippen LogP contribution in [0.1, 0.15) is 12.8 Å². The van der Waals surface area contributed by atoms with Crippen LogP contribution in [0.15, 0.2) is 0 Å². The Morgan fingerprint density at radius 3 is 0.929 bits per heavy atom. The Kier molecular flexibility index (Phi) is 7.02. The first-order chi connectivity index (χ1) is 6.76. The molecule has 0 bridgehead atoms. The van der Waals surface area contributed by atoms with Crippen LogP contribution >= 0.6 is 37.0 Å². The van der Waals surface area contributed by atoms with Gasteiger partial charge in [-0.05, 0) is 61.2 Å². The third-order valence-corrected chi connectivity index (χ3v) is 6.18. The molecule has 0 aliphatic heterocycles. The second kappa shape index (κ2) is 7.13. The SMILES string of the molecule is PCC1CC(CP)C(CP)CC1CP. The molecule has 0 nitrogen and oxygen atoms in total. The molecule has 0 aromatic rings. The Morgan fingerprint density at radius 2 is 0.786 bits per heavy atom. The Balaban J connectivity index is 2.59. The molecule has 84 valence electrons. The zero-order chi connectivity index (χ0) is 10.6. The van der Waals surface area contributed by atoms with Crippen LogP contribution in [0.25, 0.3) is 0 Å². The summed E-state index contributed by atoms with van der Waals surface area (Å²) in [6.45, 7) is 0. The minimum Gasteiger partial charge on any atom is -0.137 e. The summed E-state index contributed by atoms with van der Waals surface area (Å²) in [6, 6.07) is 0. The number of hydrogen-bond donors (Lipinski definition) is 0. The van der Waals surface area contributed by atoms with Gasteiger partial charge in [0.05, 0.1) is 0 Å². The summed E-state index contributed by atoms with van der Waals surface area (Å²) >= 11 is 0. The molecule has 8 unspecified atom stereocenters. The predicted octanol–water partition coefficient (Wildman–Crippen LogP) is 2.75. The van der Waals surface area contributed by atoms with Crippen molar-refractivity contribution in [1.29, 1.82) is 0 Å². The lowest BCUT2D eigenvalue weighted by Crippen LogP contribution is -2.35. The van der Waals surface area contributed by atoms with Gasteiger partial charge in [-0.25, -0.2) is 0 Å². The van der Waals surface area contributed by atoms with E-state index in [1.54, 1.807) is 0 Å². The summed E-state index contributed by atoms with van der Waals surface area (Å²) in [5, 5.41) is 0. The molecular weight excluding hydrogens is 244 g/mol. The summed E-state index contributed by atoms with van der Waals surface area (Å²) in [5.74, 6) is 3.82. The van der Waals surface area contributed by atoms with Crippen LogP contribution in [0.4, 0.5) is 0 Å². The summed E-state index contributed by atoms with van der Waals surface area (Å²) in [6.07, 6.45) is 8.08. The Bertz CT molecular complexity index is 128. The van der Waals surface area contributed by atoms with Crippen molar-refractivity contribution in [3.63, 3.8) is 0 Å². The Morgan fingerprint density at radius 1 is 0.571 bits per heavy atom. The molecule has 0 aromatic carbocycles. The van der Waals surface area contributed by atoms with Crippen LogP contribution < -0.4 is 0 Å². The van der Waals surface area contributed by atoms with E-state index in [4.69, 9.17) is 0 Å². The Hall–Kier alpha value is 1.72. The number of hydrogen-bond acceptors (Lipinski definition) is 0. The molecule has 14 heavy (non-hydrogen) atoms. The summed E-state index contributed by atoms with van der Waals surface area (Å²) in [4.78, 5) is 0. The second-order valence-corrected chi connectivity index (χ2v) is 6.34. The fraction of sp³-hybridized carbons (Fsp3) is 1.00. The van der Waals surface area contributed by atoms with E-state index in [1.807, 2.05) is 0 Å². The molecule has 0 heterocycles. The van der Waals surface area contributed by atoms with Crippen LogP contribution in [-0.4, -0.2) is 24.6 Å². The lowest BCUT2D eigenvalue weighted by atomic mass is 9.70. The van der Waals surface area contributed by atoms with Crippen LogP contribution in [0.5, 0.6) is 0 Å². The van der Waals surface area contributed by atoms with E-state index in [1.165, 1.54) is 37.5 Å². The van der Waals surface area contributed by atoms with Gasteiger partial charge < -0.3 is 0 Å². The van der Waals surface area contributed by atoms with Crippen molar-refractivity contribution in [3.05, 3.63) is 0 Å². The van der Waals surface area contributed by atoms with Crippen molar-refractivity contribution >= 4 is 37.0 Å².